The maximum absolute atomic E-state index is 12.6. The lowest BCUT2D eigenvalue weighted by molar-refractivity contribution is -0.133. The quantitative estimate of drug-likeness (QED) is 0.753. The second-order valence-electron chi connectivity index (χ2n) is 7.83. The maximum Gasteiger partial charge on any atom is 0.259 e. The van der Waals surface area contributed by atoms with E-state index in [-0.39, 0.29) is 30.8 Å². The maximum atomic E-state index is 12.6. The molecule has 166 valence electrons. The number of morpholine rings is 1. The van der Waals surface area contributed by atoms with Gasteiger partial charge in [0, 0.05) is 48.3 Å². The van der Waals surface area contributed by atoms with Crippen molar-refractivity contribution >= 4 is 34.8 Å². The van der Waals surface area contributed by atoms with E-state index in [4.69, 9.17) is 4.74 Å². The molecule has 0 bridgehead atoms. The van der Waals surface area contributed by atoms with Crippen LogP contribution in [0.2, 0.25) is 0 Å². The van der Waals surface area contributed by atoms with Gasteiger partial charge in [0.2, 0.25) is 11.8 Å². The van der Waals surface area contributed by atoms with Gasteiger partial charge in [-0.2, -0.15) is 0 Å². The number of fused-ring (bicyclic) bond motifs is 1. The molecule has 1 saturated heterocycles. The lowest BCUT2D eigenvalue weighted by Crippen LogP contribution is -2.41. The molecule has 2 aliphatic rings. The van der Waals surface area contributed by atoms with Crippen LogP contribution in [0.3, 0.4) is 0 Å². The predicted octanol–water partition coefficient (Wildman–Crippen LogP) is 2.05. The second kappa shape index (κ2) is 9.23. The molecule has 4 rings (SSSR count). The van der Waals surface area contributed by atoms with Gasteiger partial charge in [-0.25, -0.2) is 0 Å². The topological polar surface area (TPSA) is 82.2 Å². The number of nitrogens with zero attached hydrogens (tertiary/aromatic N) is 3. The van der Waals surface area contributed by atoms with E-state index >= 15 is 0 Å². The molecule has 0 radical (unpaired) electrons. The summed E-state index contributed by atoms with van der Waals surface area (Å²) in [6.07, 6.45) is 0. The zero-order chi connectivity index (χ0) is 22.7. The fourth-order valence-corrected chi connectivity index (χ4v) is 3.84. The van der Waals surface area contributed by atoms with E-state index in [0.717, 1.165) is 24.3 Å². The zero-order valence-corrected chi connectivity index (χ0v) is 18.0. The molecule has 0 atom stereocenters. The van der Waals surface area contributed by atoms with Gasteiger partial charge in [-0.05, 0) is 30.3 Å². The van der Waals surface area contributed by atoms with E-state index in [1.807, 2.05) is 36.4 Å². The van der Waals surface area contributed by atoms with Crippen LogP contribution in [0, 0.1) is 0 Å². The van der Waals surface area contributed by atoms with Gasteiger partial charge < -0.3 is 19.9 Å². The third kappa shape index (κ3) is 4.50. The highest BCUT2D eigenvalue weighted by molar-refractivity contribution is 6.10. The van der Waals surface area contributed by atoms with Crippen LogP contribution in [0.1, 0.15) is 15.9 Å². The molecule has 0 aliphatic carbocycles. The summed E-state index contributed by atoms with van der Waals surface area (Å²) in [5.74, 6) is -0.905. The molecule has 8 nitrogen and oxygen atoms in total. The third-order valence-corrected chi connectivity index (χ3v) is 5.67. The minimum Gasteiger partial charge on any atom is -0.378 e. The average molecular weight is 434 g/mol. The first-order valence-electron chi connectivity index (χ1n) is 10.5. The summed E-state index contributed by atoms with van der Waals surface area (Å²) >= 11 is 0. The number of amides is 3. The first kappa shape index (κ1) is 21.6. The summed E-state index contributed by atoms with van der Waals surface area (Å²) in [7, 11) is 1.54. The van der Waals surface area contributed by atoms with E-state index in [1.165, 1.54) is 9.80 Å². The Morgan fingerprint density at radius 2 is 1.72 bits per heavy atom. The van der Waals surface area contributed by atoms with Crippen LogP contribution in [0.15, 0.2) is 55.1 Å². The molecule has 32 heavy (non-hydrogen) atoms. The molecule has 1 fully saturated rings. The highest BCUT2D eigenvalue weighted by Crippen LogP contribution is 2.30. The molecule has 0 saturated carbocycles. The Hall–Kier alpha value is -3.65. The molecule has 1 N–H and O–H groups in total. The molecule has 2 aliphatic heterocycles. The van der Waals surface area contributed by atoms with Gasteiger partial charge in [0.25, 0.3) is 5.91 Å². The Morgan fingerprint density at radius 1 is 1.06 bits per heavy atom. The molecule has 2 heterocycles. The molecular formula is C24H26N4O4. The first-order valence-corrected chi connectivity index (χ1v) is 10.5. The standard InChI is InChI=1S/C24H26N4O4/c1-17-20-5-3-4-6-21(20)24(31)28(17)16-23(30)26(2)15-22(29)25-18-7-9-19(10-8-18)27-11-13-32-14-12-27/h3-10H,1,11-16H2,2H3,(H,25,29). The Morgan fingerprint density at radius 3 is 2.38 bits per heavy atom. The molecular weight excluding hydrogens is 408 g/mol. The van der Waals surface area contributed by atoms with Crippen molar-refractivity contribution < 1.29 is 19.1 Å². The predicted molar refractivity (Wildman–Crippen MR) is 122 cm³/mol. The number of benzene rings is 2. The highest BCUT2D eigenvalue weighted by Gasteiger charge is 2.32. The van der Waals surface area contributed by atoms with Crippen molar-refractivity contribution in [3.8, 4) is 0 Å². The van der Waals surface area contributed by atoms with Crippen molar-refractivity contribution in [1.29, 1.82) is 0 Å². The van der Waals surface area contributed by atoms with E-state index < -0.39 is 0 Å². The van der Waals surface area contributed by atoms with Crippen LogP contribution in [0.25, 0.3) is 5.70 Å². The van der Waals surface area contributed by atoms with Gasteiger partial charge in [-0.1, -0.05) is 24.8 Å². The minimum absolute atomic E-state index is 0.120. The normalized spacial score (nSPS) is 15.5. The number of nitrogens with one attached hydrogen (secondary N) is 1. The van der Waals surface area contributed by atoms with E-state index in [1.54, 1.807) is 19.2 Å². The van der Waals surface area contributed by atoms with Gasteiger partial charge >= 0.3 is 0 Å². The smallest absolute Gasteiger partial charge is 0.259 e. The second-order valence-corrected chi connectivity index (χ2v) is 7.83. The van der Waals surface area contributed by atoms with Crippen molar-refractivity contribution in [3.05, 3.63) is 66.2 Å². The Bertz CT molecular complexity index is 1010. The average Bonchev–Trinajstić information content (AvgIpc) is 3.05. The number of carbonyl (C=O) groups is 3. The fraction of sp³-hybridized carbons (Fsp3) is 0.292. The Kier molecular flexibility index (Phi) is 6.23. The lowest BCUT2D eigenvalue weighted by Gasteiger charge is -2.29. The van der Waals surface area contributed by atoms with Gasteiger partial charge in [0.05, 0.1) is 19.8 Å². The first-order chi connectivity index (χ1) is 15.4. The molecule has 8 heteroatoms. The van der Waals surface area contributed by atoms with Crippen molar-refractivity contribution in [1.82, 2.24) is 9.80 Å². The Labute approximate surface area is 187 Å². The number of hydrogen-bond acceptors (Lipinski definition) is 5. The summed E-state index contributed by atoms with van der Waals surface area (Å²) < 4.78 is 5.37. The van der Waals surface area contributed by atoms with Crippen LogP contribution >= 0.6 is 0 Å². The van der Waals surface area contributed by atoms with E-state index in [2.05, 4.69) is 16.8 Å². The van der Waals surface area contributed by atoms with E-state index in [9.17, 15) is 14.4 Å². The van der Waals surface area contributed by atoms with Crippen molar-refractivity contribution in [3.63, 3.8) is 0 Å². The summed E-state index contributed by atoms with van der Waals surface area (Å²) in [6.45, 7) is 6.77. The molecule has 0 aromatic heterocycles. The summed E-state index contributed by atoms with van der Waals surface area (Å²) in [4.78, 5) is 42.5. The van der Waals surface area contributed by atoms with Crippen LogP contribution in [0.5, 0.6) is 0 Å². The van der Waals surface area contributed by atoms with Gasteiger partial charge in [-0.3, -0.25) is 19.3 Å². The summed E-state index contributed by atoms with van der Waals surface area (Å²) in [5.41, 5.74) is 3.50. The largest absolute Gasteiger partial charge is 0.378 e. The minimum atomic E-state index is -0.342. The Balaban J connectivity index is 1.29. The molecule has 0 unspecified atom stereocenters. The number of likely N-dealkylation sites (N-methyl/N-ethyl adjacent to an activating group) is 1. The summed E-state index contributed by atoms with van der Waals surface area (Å²) in [6, 6.07) is 14.7. The SMILES string of the molecule is C=C1c2ccccc2C(=O)N1CC(=O)N(C)CC(=O)Nc1ccc(N2CCOCC2)cc1. The van der Waals surface area contributed by atoms with E-state index in [0.29, 0.717) is 30.2 Å². The van der Waals surface area contributed by atoms with Crippen LogP contribution in [0.4, 0.5) is 11.4 Å². The van der Waals surface area contributed by atoms with Crippen molar-refractivity contribution in [2.75, 3.05) is 56.7 Å². The molecule has 0 spiro atoms. The molecule has 2 aromatic rings. The third-order valence-electron chi connectivity index (χ3n) is 5.67. The van der Waals surface area contributed by atoms with Crippen LogP contribution in [-0.2, 0) is 14.3 Å². The van der Waals surface area contributed by atoms with Crippen LogP contribution < -0.4 is 10.2 Å². The lowest BCUT2D eigenvalue weighted by atomic mass is 10.1. The number of ether oxygens (including phenoxy) is 1. The monoisotopic (exact) mass is 434 g/mol. The molecule has 3 amide bonds. The number of anilines is 2. The highest BCUT2D eigenvalue weighted by atomic mass is 16.5. The van der Waals surface area contributed by atoms with Crippen molar-refractivity contribution in [2.45, 2.75) is 0 Å². The fourth-order valence-electron chi connectivity index (χ4n) is 3.84. The van der Waals surface area contributed by atoms with Gasteiger partial charge in [0.1, 0.15) is 6.54 Å². The zero-order valence-electron chi connectivity index (χ0n) is 18.0. The number of rotatable bonds is 6. The molecule has 2 aromatic carbocycles. The van der Waals surface area contributed by atoms with Gasteiger partial charge in [-0.15, -0.1) is 0 Å². The summed E-state index contributed by atoms with van der Waals surface area (Å²) in [5, 5.41) is 2.81. The van der Waals surface area contributed by atoms with Crippen LogP contribution in [-0.4, -0.2) is 74.0 Å². The number of carbonyl (C=O) groups excluding carboxylic acids is 3. The number of hydrogen-bond donors (Lipinski definition) is 1. The van der Waals surface area contributed by atoms with Gasteiger partial charge in [0.15, 0.2) is 0 Å². The van der Waals surface area contributed by atoms with Crippen molar-refractivity contribution in [2.24, 2.45) is 0 Å².